The SMILES string of the molecule is C#CCNC(=NCC(C1CC1)N(C)C)NCC.I. The van der Waals surface area contributed by atoms with E-state index in [0.29, 0.717) is 12.6 Å². The molecule has 4 nitrogen and oxygen atoms in total. The molecule has 0 saturated heterocycles. The summed E-state index contributed by atoms with van der Waals surface area (Å²) in [5, 5.41) is 6.30. The smallest absolute Gasteiger partial charge is 0.192 e. The molecule has 1 aliphatic rings. The minimum Gasteiger partial charge on any atom is -0.357 e. The number of halogens is 1. The molecule has 1 rings (SSSR count). The first kappa shape index (κ1) is 17.5. The topological polar surface area (TPSA) is 39.7 Å². The van der Waals surface area contributed by atoms with Gasteiger partial charge in [0.2, 0.25) is 0 Å². The van der Waals surface area contributed by atoms with Crippen LogP contribution in [-0.2, 0) is 0 Å². The van der Waals surface area contributed by atoms with Crippen molar-refractivity contribution in [3.63, 3.8) is 0 Å². The monoisotopic (exact) mass is 364 g/mol. The van der Waals surface area contributed by atoms with Crippen molar-refractivity contribution in [3.05, 3.63) is 0 Å². The first-order valence-corrected chi connectivity index (χ1v) is 6.31. The number of terminal acetylenes is 1. The molecule has 1 unspecified atom stereocenters. The van der Waals surface area contributed by atoms with Gasteiger partial charge >= 0.3 is 0 Å². The highest BCUT2D eigenvalue weighted by Gasteiger charge is 2.32. The van der Waals surface area contributed by atoms with Crippen molar-refractivity contribution in [2.75, 3.05) is 33.7 Å². The van der Waals surface area contributed by atoms with Crippen LogP contribution < -0.4 is 10.6 Å². The fourth-order valence-electron chi connectivity index (χ4n) is 1.88. The highest BCUT2D eigenvalue weighted by atomic mass is 127. The molecule has 104 valence electrons. The van der Waals surface area contributed by atoms with Gasteiger partial charge < -0.3 is 15.5 Å². The number of hydrogen-bond donors (Lipinski definition) is 2. The van der Waals surface area contributed by atoms with Crippen LogP contribution in [0.2, 0.25) is 0 Å². The van der Waals surface area contributed by atoms with E-state index in [9.17, 15) is 0 Å². The van der Waals surface area contributed by atoms with Gasteiger partial charge in [0.1, 0.15) is 0 Å². The van der Waals surface area contributed by atoms with Gasteiger partial charge in [0.25, 0.3) is 0 Å². The Hall–Kier alpha value is -0.480. The van der Waals surface area contributed by atoms with E-state index in [1.54, 1.807) is 0 Å². The zero-order valence-electron chi connectivity index (χ0n) is 11.6. The molecule has 0 aliphatic heterocycles. The third-order valence-electron chi connectivity index (χ3n) is 2.97. The highest BCUT2D eigenvalue weighted by Crippen LogP contribution is 2.34. The summed E-state index contributed by atoms with van der Waals surface area (Å²) >= 11 is 0. The summed E-state index contributed by atoms with van der Waals surface area (Å²) in [6, 6.07) is 0.552. The van der Waals surface area contributed by atoms with E-state index in [2.05, 4.69) is 47.5 Å². The van der Waals surface area contributed by atoms with Crippen molar-refractivity contribution in [1.82, 2.24) is 15.5 Å². The first-order valence-electron chi connectivity index (χ1n) is 6.31. The van der Waals surface area contributed by atoms with Gasteiger partial charge in [0.05, 0.1) is 13.1 Å². The van der Waals surface area contributed by atoms with Crippen LogP contribution in [0, 0.1) is 18.3 Å². The molecular weight excluding hydrogens is 339 g/mol. The molecule has 0 amide bonds. The van der Waals surface area contributed by atoms with Crippen molar-refractivity contribution >= 4 is 29.9 Å². The zero-order chi connectivity index (χ0) is 12.7. The number of aliphatic imine (C=N–C) groups is 1. The van der Waals surface area contributed by atoms with Crippen molar-refractivity contribution in [2.24, 2.45) is 10.9 Å². The lowest BCUT2D eigenvalue weighted by molar-refractivity contribution is 0.271. The van der Waals surface area contributed by atoms with Gasteiger partial charge in [0.15, 0.2) is 5.96 Å². The second-order valence-electron chi connectivity index (χ2n) is 4.65. The molecule has 1 aliphatic carbocycles. The van der Waals surface area contributed by atoms with Gasteiger partial charge in [-0.2, -0.15) is 0 Å². The zero-order valence-corrected chi connectivity index (χ0v) is 13.9. The largest absolute Gasteiger partial charge is 0.357 e. The van der Waals surface area contributed by atoms with Crippen LogP contribution in [-0.4, -0.2) is 50.6 Å². The van der Waals surface area contributed by atoms with Gasteiger partial charge in [-0.25, -0.2) is 0 Å². The molecule has 0 radical (unpaired) electrons. The molecular formula is C13H25IN4. The summed E-state index contributed by atoms with van der Waals surface area (Å²) < 4.78 is 0. The molecule has 1 fully saturated rings. The average Bonchev–Trinajstić information content (AvgIpc) is 3.09. The van der Waals surface area contributed by atoms with Gasteiger partial charge in [0, 0.05) is 12.6 Å². The van der Waals surface area contributed by atoms with Crippen LogP contribution in [0.3, 0.4) is 0 Å². The lowest BCUT2D eigenvalue weighted by Gasteiger charge is -2.22. The van der Waals surface area contributed by atoms with Gasteiger partial charge in [-0.15, -0.1) is 30.4 Å². The summed E-state index contributed by atoms with van der Waals surface area (Å²) in [7, 11) is 4.25. The predicted octanol–water partition coefficient (Wildman–Crippen LogP) is 1.13. The molecule has 0 aromatic carbocycles. The lowest BCUT2D eigenvalue weighted by atomic mass is 10.2. The molecule has 1 atom stereocenters. The highest BCUT2D eigenvalue weighted by molar-refractivity contribution is 14.0. The van der Waals surface area contributed by atoms with Crippen LogP contribution in [0.15, 0.2) is 4.99 Å². The van der Waals surface area contributed by atoms with Crippen LogP contribution >= 0.6 is 24.0 Å². The summed E-state index contributed by atoms with van der Waals surface area (Å²) in [6.45, 7) is 4.25. The molecule has 18 heavy (non-hydrogen) atoms. The van der Waals surface area contributed by atoms with Crippen molar-refractivity contribution in [1.29, 1.82) is 0 Å². The van der Waals surface area contributed by atoms with Gasteiger partial charge in [-0.3, -0.25) is 4.99 Å². The van der Waals surface area contributed by atoms with E-state index in [-0.39, 0.29) is 24.0 Å². The lowest BCUT2D eigenvalue weighted by Crippen LogP contribution is -2.39. The van der Waals surface area contributed by atoms with E-state index in [4.69, 9.17) is 6.42 Å². The fraction of sp³-hybridized carbons (Fsp3) is 0.769. The average molecular weight is 364 g/mol. The van der Waals surface area contributed by atoms with Crippen molar-refractivity contribution in [2.45, 2.75) is 25.8 Å². The maximum atomic E-state index is 5.23. The quantitative estimate of drug-likeness (QED) is 0.321. The Labute approximate surface area is 128 Å². The van der Waals surface area contributed by atoms with E-state index in [1.807, 2.05) is 0 Å². The van der Waals surface area contributed by atoms with E-state index in [0.717, 1.165) is 25.0 Å². The summed E-state index contributed by atoms with van der Waals surface area (Å²) in [6.07, 6.45) is 7.91. The molecule has 0 spiro atoms. The predicted molar refractivity (Wildman–Crippen MR) is 88.4 cm³/mol. The number of guanidine groups is 1. The Morgan fingerprint density at radius 1 is 1.44 bits per heavy atom. The van der Waals surface area contributed by atoms with Crippen LogP contribution in [0.4, 0.5) is 0 Å². The van der Waals surface area contributed by atoms with Crippen LogP contribution in [0.25, 0.3) is 0 Å². The van der Waals surface area contributed by atoms with E-state index < -0.39 is 0 Å². The second kappa shape index (κ2) is 9.45. The summed E-state index contributed by atoms with van der Waals surface area (Å²) in [5.41, 5.74) is 0. The minimum atomic E-state index is 0. The Morgan fingerprint density at radius 2 is 2.11 bits per heavy atom. The van der Waals surface area contributed by atoms with Gasteiger partial charge in [-0.05, 0) is 39.8 Å². The number of hydrogen-bond acceptors (Lipinski definition) is 2. The molecule has 1 saturated carbocycles. The normalized spacial score (nSPS) is 16.7. The fourth-order valence-corrected chi connectivity index (χ4v) is 1.88. The third kappa shape index (κ3) is 6.45. The Balaban J connectivity index is 0.00000289. The molecule has 0 aromatic rings. The molecule has 2 N–H and O–H groups in total. The van der Waals surface area contributed by atoms with Crippen LogP contribution in [0.5, 0.6) is 0 Å². The Morgan fingerprint density at radius 3 is 2.56 bits per heavy atom. The Bertz CT molecular complexity index is 290. The number of rotatable bonds is 6. The summed E-state index contributed by atoms with van der Waals surface area (Å²) in [4.78, 5) is 6.86. The molecule has 0 heterocycles. The first-order chi connectivity index (χ1) is 8.19. The molecule has 5 heteroatoms. The molecule has 0 bridgehead atoms. The van der Waals surface area contributed by atoms with Gasteiger partial charge in [-0.1, -0.05) is 5.92 Å². The van der Waals surface area contributed by atoms with Crippen molar-refractivity contribution in [3.8, 4) is 12.3 Å². The summed E-state index contributed by atoms with van der Waals surface area (Å²) in [5.74, 6) is 4.20. The van der Waals surface area contributed by atoms with Crippen LogP contribution in [0.1, 0.15) is 19.8 Å². The molecule has 0 aromatic heterocycles. The maximum Gasteiger partial charge on any atom is 0.192 e. The Kier molecular flexibility index (Phi) is 9.20. The maximum absolute atomic E-state index is 5.23. The second-order valence-corrected chi connectivity index (χ2v) is 4.65. The number of nitrogens with zero attached hydrogens (tertiary/aromatic N) is 2. The third-order valence-corrected chi connectivity index (χ3v) is 2.97. The van der Waals surface area contributed by atoms with E-state index >= 15 is 0 Å². The number of nitrogens with one attached hydrogen (secondary N) is 2. The number of likely N-dealkylation sites (N-methyl/N-ethyl adjacent to an activating group) is 1. The van der Waals surface area contributed by atoms with Crippen molar-refractivity contribution < 1.29 is 0 Å². The standard InChI is InChI=1S/C13H24N4.HI/c1-5-9-15-13(14-6-2)16-10-12(17(3)4)11-7-8-11;/h1,11-12H,6-10H2,2-4H3,(H2,14,15,16);1H. The van der Waals surface area contributed by atoms with E-state index in [1.165, 1.54) is 12.8 Å². The minimum absolute atomic E-state index is 0.